The van der Waals surface area contributed by atoms with Crippen LogP contribution in [0, 0.1) is 13.8 Å². The Hall–Kier alpha value is -1.60. The highest BCUT2D eigenvalue weighted by atomic mass is 32.2. The molecule has 1 aromatic carbocycles. The number of esters is 1. The Labute approximate surface area is 132 Å². The summed E-state index contributed by atoms with van der Waals surface area (Å²) in [6.07, 6.45) is 0. The average Bonchev–Trinajstić information content (AvgIpc) is 2.89. The Morgan fingerprint density at radius 3 is 2.76 bits per heavy atom. The van der Waals surface area contributed by atoms with Crippen LogP contribution in [0.2, 0.25) is 0 Å². The molecule has 1 aromatic heterocycles. The number of aromatic nitrogens is 2. The van der Waals surface area contributed by atoms with Crippen molar-refractivity contribution in [3.8, 4) is 0 Å². The summed E-state index contributed by atoms with van der Waals surface area (Å²) in [4.78, 5) is 11.4. The van der Waals surface area contributed by atoms with Gasteiger partial charge in [-0.15, -0.1) is 10.2 Å². The fraction of sp³-hybridized carbons (Fsp3) is 0.357. The normalized spacial score (nSPS) is 12.0. The molecule has 0 aliphatic rings. The first kappa shape index (κ1) is 15.8. The number of thioether (sulfide) groups is 1. The lowest BCUT2D eigenvalue weighted by Crippen LogP contribution is -2.14. The lowest BCUT2D eigenvalue weighted by atomic mass is 10.1. The van der Waals surface area contributed by atoms with E-state index >= 15 is 0 Å². The van der Waals surface area contributed by atoms with Crippen LogP contribution in [0.15, 0.2) is 22.5 Å². The third-order valence-electron chi connectivity index (χ3n) is 2.98. The molecule has 0 fully saturated rings. The van der Waals surface area contributed by atoms with Gasteiger partial charge in [0.05, 0.1) is 7.11 Å². The first-order valence-corrected chi connectivity index (χ1v) is 8.11. The van der Waals surface area contributed by atoms with Gasteiger partial charge in [-0.2, -0.15) is 0 Å². The van der Waals surface area contributed by atoms with E-state index < -0.39 is 0 Å². The third-order valence-corrected chi connectivity index (χ3v) is 4.98. The van der Waals surface area contributed by atoms with Crippen LogP contribution < -0.4 is 5.32 Å². The minimum absolute atomic E-state index is 0.265. The van der Waals surface area contributed by atoms with Crippen LogP contribution in [0.3, 0.4) is 0 Å². The fourth-order valence-corrected chi connectivity index (χ4v) is 3.56. The number of hydrogen-bond donors (Lipinski definition) is 1. The second-order valence-corrected chi connectivity index (χ2v) is 7.15. The molecular weight excluding hydrogens is 306 g/mol. The number of carbonyl (C=O) groups excluding carboxylic acids is 1. The van der Waals surface area contributed by atoms with Crippen molar-refractivity contribution in [1.29, 1.82) is 0 Å². The molecule has 0 bridgehead atoms. The molecule has 1 atom stereocenters. The minimum atomic E-state index is -0.294. The van der Waals surface area contributed by atoms with Gasteiger partial charge in [-0.3, -0.25) is 4.79 Å². The molecule has 7 heteroatoms. The van der Waals surface area contributed by atoms with E-state index in [1.165, 1.54) is 41.3 Å². The molecule has 0 aliphatic carbocycles. The van der Waals surface area contributed by atoms with E-state index in [0.717, 1.165) is 10.0 Å². The Balaban J connectivity index is 2.02. The number of benzene rings is 1. The molecule has 0 aliphatic heterocycles. The van der Waals surface area contributed by atoms with Gasteiger partial charge in [0, 0.05) is 5.69 Å². The summed E-state index contributed by atoms with van der Waals surface area (Å²) in [5, 5.41) is 11.8. The summed E-state index contributed by atoms with van der Waals surface area (Å²) < 4.78 is 5.43. The third kappa shape index (κ3) is 4.18. The zero-order chi connectivity index (χ0) is 15.4. The molecule has 112 valence electrons. The van der Waals surface area contributed by atoms with E-state index in [0.29, 0.717) is 5.13 Å². The van der Waals surface area contributed by atoms with Crippen LogP contribution in [0.25, 0.3) is 0 Å². The van der Waals surface area contributed by atoms with E-state index in [-0.39, 0.29) is 11.2 Å². The second-order valence-electron chi connectivity index (χ2n) is 4.58. The molecule has 0 saturated carbocycles. The first-order chi connectivity index (χ1) is 9.99. The summed E-state index contributed by atoms with van der Waals surface area (Å²) in [6, 6.07) is 6.14. The summed E-state index contributed by atoms with van der Waals surface area (Å²) in [6.45, 7) is 5.93. The van der Waals surface area contributed by atoms with Crippen molar-refractivity contribution in [1.82, 2.24) is 10.2 Å². The Bertz CT molecular complexity index is 643. The van der Waals surface area contributed by atoms with Crippen molar-refractivity contribution in [2.24, 2.45) is 0 Å². The van der Waals surface area contributed by atoms with Gasteiger partial charge in [0.15, 0.2) is 4.34 Å². The zero-order valence-electron chi connectivity index (χ0n) is 12.3. The lowest BCUT2D eigenvalue weighted by molar-refractivity contribution is -0.139. The maximum Gasteiger partial charge on any atom is 0.318 e. The number of hydrogen-bond acceptors (Lipinski definition) is 7. The van der Waals surface area contributed by atoms with Gasteiger partial charge in [0.2, 0.25) is 5.13 Å². The molecular formula is C14H17N3O2S2. The number of nitrogens with zero attached hydrogens (tertiary/aromatic N) is 2. The van der Waals surface area contributed by atoms with Crippen LogP contribution in [-0.2, 0) is 9.53 Å². The Morgan fingerprint density at radius 2 is 2.10 bits per heavy atom. The zero-order valence-corrected chi connectivity index (χ0v) is 14.0. The van der Waals surface area contributed by atoms with Gasteiger partial charge in [-0.1, -0.05) is 29.2 Å². The highest BCUT2D eigenvalue weighted by molar-refractivity contribution is 8.02. The number of nitrogens with one attached hydrogen (secondary N) is 1. The SMILES string of the molecule is COC(=O)[C@H](C)Sc1nnc(Nc2ccc(C)c(C)c2)s1. The molecule has 5 nitrogen and oxygen atoms in total. The molecule has 1 N–H and O–H groups in total. The quantitative estimate of drug-likeness (QED) is 0.670. The number of aryl methyl sites for hydroxylation is 2. The molecule has 0 radical (unpaired) electrons. The molecule has 1 heterocycles. The van der Waals surface area contributed by atoms with Gasteiger partial charge in [-0.25, -0.2) is 0 Å². The van der Waals surface area contributed by atoms with E-state index in [9.17, 15) is 4.79 Å². The lowest BCUT2D eigenvalue weighted by Gasteiger charge is -2.05. The van der Waals surface area contributed by atoms with Crippen molar-refractivity contribution in [3.05, 3.63) is 29.3 Å². The predicted molar refractivity (Wildman–Crippen MR) is 86.4 cm³/mol. The summed E-state index contributed by atoms with van der Waals surface area (Å²) >= 11 is 2.76. The van der Waals surface area contributed by atoms with E-state index in [1.54, 1.807) is 6.92 Å². The van der Waals surface area contributed by atoms with Crippen molar-refractivity contribution in [3.63, 3.8) is 0 Å². The molecule has 0 unspecified atom stereocenters. The predicted octanol–water partition coefficient (Wildman–Crippen LogP) is 3.55. The minimum Gasteiger partial charge on any atom is -0.468 e. The molecule has 0 spiro atoms. The molecule has 0 amide bonds. The highest BCUT2D eigenvalue weighted by Gasteiger charge is 2.17. The standard InChI is InChI=1S/C14H17N3O2S2/c1-8-5-6-11(7-9(8)2)15-13-16-17-14(21-13)20-10(3)12(18)19-4/h5-7,10H,1-4H3,(H,15,16)/t10-/m0/s1. The number of ether oxygens (including phenoxy) is 1. The van der Waals surface area contributed by atoms with Gasteiger partial charge in [-0.05, 0) is 44.0 Å². The Kier molecular flexibility index (Phi) is 5.19. The number of methoxy groups -OCH3 is 1. The highest BCUT2D eigenvalue weighted by Crippen LogP contribution is 2.31. The average molecular weight is 323 g/mol. The number of rotatable bonds is 5. The topological polar surface area (TPSA) is 64.1 Å². The number of anilines is 2. The smallest absolute Gasteiger partial charge is 0.318 e. The van der Waals surface area contributed by atoms with Gasteiger partial charge in [0.25, 0.3) is 0 Å². The van der Waals surface area contributed by atoms with Crippen LogP contribution in [0.1, 0.15) is 18.1 Å². The van der Waals surface area contributed by atoms with Crippen molar-refractivity contribution < 1.29 is 9.53 Å². The van der Waals surface area contributed by atoms with Crippen LogP contribution in [0.4, 0.5) is 10.8 Å². The summed E-state index contributed by atoms with van der Waals surface area (Å²) in [7, 11) is 1.38. The van der Waals surface area contributed by atoms with Gasteiger partial charge in [0.1, 0.15) is 5.25 Å². The molecule has 2 aromatic rings. The maximum absolute atomic E-state index is 11.4. The van der Waals surface area contributed by atoms with E-state index in [2.05, 4.69) is 41.5 Å². The van der Waals surface area contributed by atoms with Crippen molar-refractivity contribution in [2.45, 2.75) is 30.4 Å². The van der Waals surface area contributed by atoms with Crippen LogP contribution in [0.5, 0.6) is 0 Å². The van der Waals surface area contributed by atoms with Crippen LogP contribution in [-0.4, -0.2) is 28.5 Å². The second kappa shape index (κ2) is 6.91. The number of carbonyl (C=O) groups is 1. The fourth-order valence-electron chi connectivity index (χ4n) is 1.62. The van der Waals surface area contributed by atoms with E-state index in [4.69, 9.17) is 4.74 Å². The van der Waals surface area contributed by atoms with Gasteiger partial charge >= 0.3 is 5.97 Å². The summed E-state index contributed by atoms with van der Waals surface area (Å²) in [5.41, 5.74) is 3.45. The maximum atomic E-state index is 11.4. The van der Waals surface area contributed by atoms with Crippen molar-refractivity contribution in [2.75, 3.05) is 12.4 Å². The van der Waals surface area contributed by atoms with Gasteiger partial charge < -0.3 is 10.1 Å². The van der Waals surface area contributed by atoms with Crippen molar-refractivity contribution >= 4 is 39.9 Å². The molecule has 2 rings (SSSR count). The monoisotopic (exact) mass is 323 g/mol. The largest absolute Gasteiger partial charge is 0.468 e. The Morgan fingerprint density at radius 1 is 1.33 bits per heavy atom. The first-order valence-electron chi connectivity index (χ1n) is 6.42. The molecule has 21 heavy (non-hydrogen) atoms. The van der Waals surface area contributed by atoms with E-state index in [1.807, 2.05) is 6.07 Å². The van der Waals surface area contributed by atoms with Crippen LogP contribution >= 0.6 is 23.1 Å². The molecule has 0 saturated heterocycles. The summed E-state index contributed by atoms with van der Waals surface area (Å²) in [5.74, 6) is -0.265.